The van der Waals surface area contributed by atoms with Gasteiger partial charge in [-0.25, -0.2) is 9.37 Å². The first-order chi connectivity index (χ1) is 15.2. The van der Waals surface area contributed by atoms with E-state index < -0.39 is 11.9 Å². The van der Waals surface area contributed by atoms with E-state index in [1.54, 1.807) is 30.5 Å². The second-order valence-electron chi connectivity index (χ2n) is 6.83. The Morgan fingerprint density at radius 1 is 0.968 bits per heavy atom. The number of para-hydroxylation sites is 3. The summed E-state index contributed by atoms with van der Waals surface area (Å²) in [7, 11) is 0. The lowest BCUT2D eigenvalue weighted by atomic mass is 10.1. The van der Waals surface area contributed by atoms with Gasteiger partial charge in [-0.3, -0.25) is 9.78 Å². The maximum absolute atomic E-state index is 13.9. The van der Waals surface area contributed by atoms with Gasteiger partial charge in [-0.1, -0.05) is 54.6 Å². The Morgan fingerprint density at radius 2 is 1.68 bits per heavy atom. The molecule has 1 atom stereocenters. The fourth-order valence-corrected chi connectivity index (χ4v) is 3.07. The Balaban J connectivity index is 1.47. The minimum atomic E-state index is -0.458. The topological polar surface area (TPSA) is 64.1 Å². The summed E-state index contributed by atoms with van der Waals surface area (Å²) in [5.74, 6) is -0.629. The highest BCUT2D eigenvalue weighted by molar-refractivity contribution is 5.92. The Bertz CT molecular complexity index is 1210. The third-order valence-electron chi connectivity index (χ3n) is 4.63. The predicted molar refractivity (Wildman–Crippen MR) is 118 cm³/mol. The van der Waals surface area contributed by atoms with Crippen molar-refractivity contribution in [1.29, 1.82) is 0 Å². The van der Waals surface area contributed by atoms with Crippen LogP contribution in [-0.4, -0.2) is 22.5 Å². The van der Waals surface area contributed by atoms with Crippen molar-refractivity contribution in [1.82, 2.24) is 15.3 Å². The molecule has 1 unspecified atom stereocenters. The van der Waals surface area contributed by atoms with E-state index in [-0.39, 0.29) is 18.3 Å². The second-order valence-corrected chi connectivity index (χ2v) is 6.83. The molecule has 0 aliphatic heterocycles. The van der Waals surface area contributed by atoms with Crippen molar-refractivity contribution in [2.24, 2.45) is 0 Å². The van der Waals surface area contributed by atoms with Crippen LogP contribution >= 0.6 is 0 Å². The smallest absolute Gasteiger partial charge is 0.244 e. The van der Waals surface area contributed by atoms with Gasteiger partial charge in [-0.15, -0.1) is 0 Å². The zero-order valence-corrected chi connectivity index (χ0v) is 16.6. The molecule has 0 aliphatic carbocycles. The van der Waals surface area contributed by atoms with Gasteiger partial charge in [0.05, 0.1) is 29.0 Å². The van der Waals surface area contributed by atoms with Crippen LogP contribution in [0.1, 0.15) is 17.3 Å². The average molecular weight is 413 g/mol. The van der Waals surface area contributed by atoms with Crippen molar-refractivity contribution in [3.63, 3.8) is 0 Å². The van der Waals surface area contributed by atoms with Crippen LogP contribution in [0.25, 0.3) is 17.1 Å². The second kappa shape index (κ2) is 9.63. The van der Waals surface area contributed by atoms with Crippen molar-refractivity contribution in [2.75, 3.05) is 6.61 Å². The first-order valence-electron chi connectivity index (χ1n) is 9.82. The molecular weight excluding hydrogens is 393 g/mol. The van der Waals surface area contributed by atoms with E-state index in [9.17, 15) is 9.18 Å². The number of amides is 1. The Morgan fingerprint density at radius 3 is 2.48 bits per heavy atom. The van der Waals surface area contributed by atoms with Crippen LogP contribution in [0.15, 0.2) is 91.1 Å². The third kappa shape index (κ3) is 5.30. The molecule has 0 spiro atoms. The number of fused-ring (bicyclic) bond motifs is 1. The molecule has 1 N–H and O–H groups in total. The molecule has 4 rings (SSSR count). The molecule has 1 amide bonds. The van der Waals surface area contributed by atoms with Crippen molar-refractivity contribution in [3.8, 4) is 5.75 Å². The summed E-state index contributed by atoms with van der Waals surface area (Å²) in [4.78, 5) is 21.4. The number of ether oxygens (including phenoxy) is 1. The van der Waals surface area contributed by atoms with Crippen LogP contribution in [0.3, 0.4) is 0 Å². The fourth-order valence-electron chi connectivity index (χ4n) is 3.07. The number of carbonyl (C=O) groups is 1. The largest absolute Gasteiger partial charge is 0.488 e. The van der Waals surface area contributed by atoms with E-state index in [0.29, 0.717) is 5.69 Å². The molecule has 1 heterocycles. The standard InChI is InChI=1S/C25H20FN3O2/c26-20-10-4-7-13-24(20)31-17-23(18-8-2-1-3-9-18)29-25(30)15-14-19-16-27-21-11-5-6-12-22(21)28-19/h1-16,23H,17H2,(H,29,30)/b15-14+. The molecule has 0 aliphatic rings. The monoisotopic (exact) mass is 413 g/mol. The number of hydrogen-bond acceptors (Lipinski definition) is 4. The summed E-state index contributed by atoms with van der Waals surface area (Å²) in [6, 6.07) is 22.6. The molecule has 0 radical (unpaired) electrons. The normalized spacial score (nSPS) is 12.0. The highest BCUT2D eigenvalue weighted by Crippen LogP contribution is 2.19. The van der Waals surface area contributed by atoms with E-state index in [4.69, 9.17) is 4.74 Å². The zero-order valence-electron chi connectivity index (χ0n) is 16.6. The SMILES string of the molecule is O=C(/C=C/c1cnc2ccccc2n1)NC(COc1ccccc1F)c1ccccc1. The number of benzene rings is 3. The highest BCUT2D eigenvalue weighted by Gasteiger charge is 2.15. The van der Waals surface area contributed by atoms with Crippen molar-refractivity contribution >= 4 is 23.0 Å². The number of rotatable bonds is 7. The van der Waals surface area contributed by atoms with E-state index in [1.807, 2.05) is 54.6 Å². The minimum Gasteiger partial charge on any atom is -0.488 e. The lowest BCUT2D eigenvalue weighted by Gasteiger charge is -2.19. The van der Waals surface area contributed by atoms with Crippen LogP contribution in [0.5, 0.6) is 5.75 Å². The van der Waals surface area contributed by atoms with Crippen LogP contribution < -0.4 is 10.1 Å². The molecular formula is C25H20FN3O2. The van der Waals surface area contributed by atoms with Crippen LogP contribution in [0.2, 0.25) is 0 Å². The lowest BCUT2D eigenvalue weighted by Crippen LogP contribution is -2.31. The molecule has 0 bridgehead atoms. The van der Waals surface area contributed by atoms with E-state index in [1.165, 1.54) is 12.1 Å². The molecule has 0 saturated carbocycles. The number of aromatic nitrogens is 2. The molecule has 3 aromatic carbocycles. The molecule has 0 saturated heterocycles. The quantitative estimate of drug-likeness (QED) is 0.446. The van der Waals surface area contributed by atoms with E-state index in [0.717, 1.165) is 16.6 Å². The summed E-state index contributed by atoms with van der Waals surface area (Å²) in [5.41, 5.74) is 2.97. The first kappa shape index (κ1) is 20.2. The fraction of sp³-hybridized carbons (Fsp3) is 0.0800. The lowest BCUT2D eigenvalue weighted by molar-refractivity contribution is -0.117. The molecule has 1 aromatic heterocycles. The number of carbonyl (C=O) groups excluding carboxylic acids is 1. The van der Waals surface area contributed by atoms with Gasteiger partial charge >= 0.3 is 0 Å². The number of hydrogen-bond donors (Lipinski definition) is 1. The minimum absolute atomic E-state index is 0.0836. The van der Waals surface area contributed by atoms with Gasteiger partial charge in [-0.05, 0) is 35.9 Å². The van der Waals surface area contributed by atoms with Gasteiger partial charge in [-0.2, -0.15) is 0 Å². The summed E-state index contributed by atoms with van der Waals surface area (Å²) < 4.78 is 19.5. The van der Waals surface area contributed by atoms with E-state index >= 15 is 0 Å². The van der Waals surface area contributed by atoms with Gasteiger partial charge in [0.1, 0.15) is 6.61 Å². The molecule has 6 heteroatoms. The maximum Gasteiger partial charge on any atom is 0.244 e. The van der Waals surface area contributed by atoms with Gasteiger partial charge in [0, 0.05) is 6.08 Å². The third-order valence-corrected chi connectivity index (χ3v) is 4.63. The Hall–Kier alpha value is -4.06. The van der Waals surface area contributed by atoms with E-state index in [2.05, 4.69) is 15.3 Å². The van der Waals surface area contributed by atoms with Crippen LogP contribution in [0, 0.1) is 5.82 Å². The molecule has 0 fully saturated rings. The molecule has 31 heavy (non-hydrogen) atoms. The number of halogens is 1. The first-order valence-corrected chi connectivity index (χ1v) is 9.82. The number of nitrogens with zero attached hydrogens (tertiary/aromatic N) is 2. The maximum atomic E-state index is 13.9. The molecule has 4 aromatic rings. The average Bonchev–Trinajstić information content (AvgIpc) is 2.82. The predicted octanol–water partition coefficient (Wildman–Crippen LogP) is 4.72. The van der Waals surface area contributed by atoms with Gasteiger partial charge in [0.25, 0.3) is 0 Å². The van der Waals surface area contributed by atoms with Gasteiger partial charge in [0.15, 0.2) is 11.6 Å². The summed E-state index contributed by atoms with van der Waals surface area (Å²) in [6.45, 7) is 0.0836. The van der Waals surface area contributed by atoms with Crippen molar-refractivity contribution < 1.29 is 13.9 Å². The molecule has 154 valence electrons. The van der Waals surface area contributed by atoms with Gasteiger partial charge < -0.3 is 10.1 Å². The zero-order chi connectivity index (χ0) is 21.5. The van der Waals surface area contributed by atoms with Crippen molar-refractivity contribution in [3.05, 3.63) is 108 Å². The summed E-state index contributed by atoms with van der Waals surface area (Å²) in [5, 5.41) is 2.91. The Kier molecular flexibility index (Phi) is 6.28. The Labute approximate surface area is 179 Å². The molecule has 5 nitrogen and oxygen atoms in total. The highest BCUT2D eigenvalue weighted by atomic mass is 19.1. The van der Waals surface area contributed by atoms with Crippen LogP contribution in [-0.2, 0) is 4.79 Å². The van der Waals surface area contributed by atoms with Crippen molar-refractivity contribution in [2.45, 2.75) is 6.04 Å². The van der Waals surface area contributed by atoms with Crippen LogP contribution in [0.4, 0.5) is 4.39 Å². The van der Waals surface area contributed by atoms with Gasteiger partial charge in [0.2, 0.25) is 5.91 Å². The number of nitrogens with one attached hydrogen (secondary N) is 1. The summed E-state index contributed by atoms with van der Waals surface area (Å²) >= 11 is 0. The summed E-state index contributed by atoms with van der Waals surface area (Å²) in [6.07, 6.45) is 4.62.